The fourth-order valence-electron chi connectivity index (χ4n) is 3.06. The summed E-state index contributed by atoms with van der Waals surface area (Å²) in [7, 11) is 0. The Morgan fingerprint density at radius 2 is 2.00 bits per heavy atom. The number of amides is 1. The second kappa shape index (κ2) is 7.27. The van der Waals surface area contributed by atoms with Gasteiger partial charge in [-0.3, -0.25) is 4.79 Å². The van der Waals surface area contributed by atoms with Crippen LogP contribution >= 0.6 is 0 Å². The zero-order valence-electron chi connectivity index (χ0n) is 14.2. The van der Waals surface area contributed by atoms with Crippen LogP contribution in [0.15, 0.2) is 77.9 Å². The van der Waals surface area contributed by atoms with Crippen molar-refractivity contribution in [3.05, 3.63) is 90.1 Å². The molecule has 0 aliphatic rings. The normalized spacial score (nSPS) is 12.2. The van der Waals surface area contributed by atoms with Crippen molar-refractivity contribution in [2.75, 3.05) is 0 Å². The lowest BCUT2D eigenvalue weighted by Crippen LogP contribution is -2.29. The highest BCUT2D eigenvalue weighted by atomic mass is 16.3. The van der Waals surface area contributed by atoms with Gasteiger partial charge in [-0.25, -0.2) is 4.98 Å². The molecule has 0 saturated heterocycles. The third-order valence-electron chi connectivity index (χ3n) is 4.44. The van der Waals surface area contributed by atoms with Crippen LogP contribution in [0.3, 0.4) is 0 Å². The van der Waals surface area contributed by atoms with E-state index in [-0.39, 0.29) is 11.9 Å². The maximum atomic E-state index is 12.5. The molecule has 26 heavy (non-hydrogen) atoms. The number of carbonyl (C=O) groups excluding carboxylic acids is 1. The van der Waals surface area contributed by atoms with Gasteiger partial charge < -0.3 is 14.7 Å². The molecule has 0 radical (unpaired) electrons. The summed E-state index contributed by atoms with van der Waals surface area (Å²) in [5.74, 6) is 0.00441. The number of carbonyl (C=O) groups is 1. The second-order valence-corrected chi connectivity index (χ2v) is 6.22. The Morgan fingerprint density at radius 1 is 1.12 bits per heavy atom. The standard InChI is InChI=1S/C21H19N3O2/c25-20(9-6-15-10-11-26-13-15)24-21(16-4-2-1-3-5-16)17-7-8-18-19(12-17)23-14-22-18/h1-5,7-8,10-14,21H,6,9H2,(H,22,23)(H,24,25)/t21-/m1/s1. The Kier molecular flexibility index (Phi) is 4.51. The summed E-state index contributed by atoms with van der Waals surface area (Å²) in [5, 5.41) is 3.17. The topological polar surface area (TPSA) is 70.9 Å². The average molecular weight is 345 g/mol. The average Bonchev–Trinajstić information content (AvgIpc) is 3.36. The summed E-state index contributed by atoms with van der Waals surface area (Å²) in [6.07, 6.45) is 6.04. The lowest BCUT2D eigenvalue weighted by atomic mass is 9.98. The van der Waals surface area contributed by atoms with E-state index >= 15 is 0 Å². The van der Waals surface area contributed by atoms with E-state index in [0.717, 1.165) is 27.7 Å². The van der Waals surface area contributed by atoms with E-state index in [1.54, 1.807) is 18.9 Å². The summed E-state index contributed by atoms with van der Waals surface area (Å²) in [5.41, 5.74) is 4.95. The van der Waals surface area contributed by atoms with E-state index in [4.69, 9.17) is 4.42 Å². The summed E-state index contributed by atoms with van der Waals surface area (Å²) in [4.78, 5) is 19.9. The van der Waals surface area contributed by atoms with Gasteiger partial charge in [0.25, 0.3) is 0 Å². The summed E-state index contributed by atoms with van der Waals surface area (Å²) in [6.45, 7) is 0. The zero-order chi connectivity index (χ0) is 17.8. The maximum absolute atomic E-state index is 12.5. The molecule has 0 bridgehead atoms. The van der Waals surface area contributed by atoms with Gasteiger partial charge in [-0.1, -0.05) is 36.4 Å². The number of hydrogen-bond acceptors (Lipinski definition) is 3. The predicted octanol–water partition coefficient (Wildman–Crippen LogP) is 3.99. The molecule has 1 amide bonds. The van der Waals surface area contributed by atoms with Crippen molar-refractivity contribution >= 4 is 16.9 Å². The minimum absolute atomic E-state index is 0.00441. The highest BCUT2D eigenvalue weighted by Crippen LogP contribution is 2.24. The Morgan fingerprint density at radius 3 is 2.81 bits per heavy atom. The number of fused-ring (bicyclic) bond motifs is 1. The molecule has 0 fully saturated rings. The van der Waals surface area contributed by atoms with Gasteiger partial charge in [0.15, 0.2) is 0 Å². The summed E-state index contributed by atoms with van der Waals surface area (Å²) >= 11 is 0. The van der Waals surface area contributed by atoms with Crippen molar-refractivity contribution < 1.29 is 9.21 Å². The minimum Gasteiger partial charge on any atom is -0.472 e. The van der Waals surface area contributed by atoms with E-state index in [1.807, 2.05) is 54.6 Å². The first-order chi connectivity index (χ1) is 12.8. The molecule has 2 N–H and O–H groups in total. The number of aromatic amines is 1. The molecule has 4 rings (SSSR count). The van der Waals surface area contributed by atoms with Crippen LogP contribution < -0.4 is 5.32 Å². The molecule has 5 heteroatoms. The van der Waals surface area contributed by atoms with Gasteiger partial charge >= 0.3 is 0 Å². The van der Waals surface area contributed by atoms with Gasteiger partial charge in [-0.2, -0.15) is 0 Å². The Bertz CT molecular complexity index is 990. The molecule has 2 heterocycles. The lowest BCUT2D eigenvalue weighted by Gasteiger charge is -2.20. The molecule has 0 unspecified atom stereocenters. The van der Waals surface area contributed by atoms with Crippen LogP contribution in [0.4, 0.5) is 0 Å². The SMILES string of the molecule is O=C(CCc1ccoc1)N[C@H](c1ccccc1)c1ccc2nc[nH]c2c1. The van der Waals surface area contributed by atoms with Crippen molar-refractivity contribution in [1.82, 2.24) is 15.3 Å². The molecular weight excluding hydrogens is 326 g/mol. The number of H-pyrrole nitrogens is 1. The zero-order valence-corrected chi connectivity index (χ0v) is 14.2. The Hall–Kier alpha value is -3.34. The Balaban J connectivity index is 1.57. The van der Waals surface area contributed by atoms with Crippen molar-refractivity contribution in [3.63, 3.8) is 0 Å². The van der Waals surface area contributed by atoms with E-state index in [2.05, 4.69) is 15.3 Å². The van der Waals surface area contributed by atoms with Gasteiger partial charge in [0.1, 0.15) is 0 Å². The molecule has 2 aromatic carbocycles. The molecule has 0 aliphatic heterocycles. The van der Waals surface area contributed by atoms with Gasteiger partial charge in [0.05, 0.1) is 35.9 Å². The minimum atomic E-state index is -0.208. The largest absolute Gasteiger partial charge is 0.472 e. The number of rotatable bonds is 6. The summed E-state index contributed by atoms with van der Waals surface area (Å²) in [6, 6.07) is 17.7. The van der Waals surface area contributed by atoms with Crippen molar-refractivity contribution in [3.8, 4) is 0 Å². The van der Waals surface area contributed by atoms with Crippen molar-refractivity contribution in [1.29, 1.82) is 0 Å². The highest BCUT2D eigenvalue weighted by Gasteiger charge is 2.17. The number of benzene rings is 2. The molecule has 130 valence electrons. The second-order valence-electron chi connectivity index (χ2n) is 6.22. The van der Waals surface area contributed by atoms with Crippen LogP contribution in [0.1, 0.15) is 29.2 Å². The van der Waals surface area contributed by atoms with Gasteiger partial charge in [0, 0.05) is 6.42 Å². The van der Waals surface area contributed by atoms with E-state index in [0.29, 0.717) is 12.8 Å². The van der Waals surface area contributed by atoms with Gasteiger partial charge in [-0.15, -0.1) is 0 Å². The first-order valence-electron chi connectivity index (χ1n) is 8.58. The smallest absolute Gasteiger partial charge is 0.221 e. The fourth-order valence-corrected chi connectivity index (χ4v) is 3.06. The van der Waals surface area contributed by atoms with E-state index < -0.39 is 0 Å². The van der Waals surface area contributed by atoms with E-state index in [1.165, 1.54) is 0 Å². The molecule has 4 aromatic rings. The quantitative estimate of drug-likeness (QED) is 0.555. The van der Waals surface area contributed by atoms with Crippen molar-refractivity contribution in [2.24, 2.45) is 0 Å². The third-order valence-corrected chi connectivity index (χ3v) is 4.44. The molecule has 2 aromatic heterocycles. The molecule has 5 nitrogen and oxygen atoms in total. The van der Waals surface area contributed by atoms with Crippen LogP contribution in [0.2, 0.25) is 0 Å². The number of imidazole rings is 1. The van der Waals surface area contributed by atoms with Gasteiger partial charge in [-0.05, 0) is 41.3 Å². The molecular formula is C21H19N3O2. The number of furan rings is 1. The fraction of sp³-hybridized carbons (Fsp3) is 0.143. The molecule has 1 atom stereocenters. The van der Waals surface area contributed by atoms with Crippen LogP contribution in [0.5, 0.6) is 0 Å². The van der Waals surface area contributed by atoms with Crippen molar-refractivity contribution in [2.45, 2.75) is 18.9 Å². The van der Waals surface area contributed by atoms with Gasteiger partial charge in [0.2, 0.25) is 5.91 Å². The lowest BCUT2D eigenvalue weighted by molar-refractivity contribution is -0.121. The first kappa shape index (κ1) is 16.1. The Labute approximate surface area is 151 Å². The predicted molar refractivity (Wildman–Crippen MR) is 99.6 cm³/mol. The van der Waals surface area contributed by atoms with Crippen LogP contribution in [0, 0.1) is 0 Å². The monoisotopic (exact) mass is 345 g/mol. The summed E-state index contributed by atoms with van der Waals surface area (Å²) < 4.78 is 5.06. The first-order valence-corrected chi connectivity index (χ1v) is 8.58. The maximum Gasteiger partial charge on any atom is 0.221 e. The number of aryl methyl sites for hydroxylation is 1. The molecule has 0 spiro atoms. The third kappa shape index (κ3) is 3.52. The van der Waals surface area contributed by atoms with Crippen LogP contribution in [-0.2, 0) is 11.2 Å². The van der Waals surface area contributed by atoms with Crippen LogP contribution in [0.25, 0.3) is 11.0 Å². The molecule has 0 saturated carbocycles. The molecule has 0 aliphatic carbocycles. The number of hydrogen-bond donors (Lipinski definition) is 2. The number of nitrogens with zero attached hydrogens (tertiary/aromatic N) is 1. The van der Waals surface area contributed by atoms with E-state index in [9.17, 15) is 4.79 Å². The number of nitrogens with one attached hydrogen (secondary N) is 2. The van der Waals surface area contributed by atoms with Crippen LogP contribution in [-0.4, -0.2) is 15.9 Å². The highest BCUT2D eigenvalue weighted by molar-refractivity contribution is 5.78. The number of aromatic nitrogens is 2.